The Balaban J connectivity index is 1.46. The van der Waals surface area contributed by atoms with Crippen molar-refractivity contribution in [2.75, 3.05) is 5.32 Å². The topological polar surface area (TPSA) is 89.2 Å². The Kier molecular flexibility index (Phi) is 6.92. The van der Waals surface area contributed by atoms with Gasteiger partial charge in [0.05, 0.1) is 5.52 Å². The number of imidazole rings is 1. The lowest BCUT2D eigenvalue weighted by Crippen LogP contribution is -2.38. The molecule has 6 aromatic rings. The van der Waals surface area contributed by atoms with Crippen molar-refractivity contribution in [3.8, 4) is 0 Å². The number of aromatic carboxylic acids is 1. The minimum absolute atomic E-state index is 0.197. The van der Waals surface area contributed by atoms with Gasteiger partial charge in [-0.3, -0.25) is 9.36 Å². The van der Waals surface area contributed by atoms with Gasteiger partial charge in [-0.25, -0.2) is 9.78 Å². The lowest BCUT2D eigenvalue weighted by atomic mass is 9.76. The summed E-state index contributed by atoms with van der Waals surface area (Å²) < 4.78 is 3.93. The van der Waals surface area contributed by atoms with Crippen molar-refractivity contribution in [3.63, 3.8) is 0 Å². The fraction of sp³-hybridized carbons (Fsp3) is 0.114. The Morgan fingerprint density at radius 1 is 0.857 bits per heavy atom. The second-order valence-corrected chi connectivity index (χ2v) is 10.3. The molecule has 7 heteroatoms. The molecule has 0 spiro atoms. The van der Waals surface area contributed by atoms with Crippen LogP contribution in [0.2, 0.25) is 0 Å². The molecular weight excluding hydrogens is 524 g/mol. The summed E-state index contributed by atoms with van der Waals surface area (Å²) in [5.41, 5.74) is 3.92. The Bertz CT molecular complexity index is 1850. The van der Waals surface area contributed by atoms with E-state index < -0.39 is 16.9 Å². The van der Waals surface area contributed by atoms with Crippen molar-refractivity contribution in [3.05, 3.63) is 165 Å². The Hall–Kier alpha value is -5.43. The molecule has 0 aliphatic rings. The van der Waals surface area contributed by atoms with Gasteiger partial charge in [-0.2, -0.15) is 0 Å². The summed E-state index contributed by atoms with van der Waals surface area (Å²) in [4.78, 5) is 29.4. The van der Waals surface area contributed by atoms with Crippen LogP contribution in [0.1, 0.15) is 38.3 Å². The van der Waals surface area contributed by atoms with E-state index in [-0.39, 0.29) is 5.56 Å². The highest BCUT2D eigenvalue weighted by Gasteiger charge is 2.39. The predicted molar refractivity (Wildman–Crippen MR) is 165 cm³/mol. The molecule has 0 amide bonds. The summed E-state index contributed by atoms with van der Waals surface area (Å²) in [6, 6.07) is 36.7. The Morgan fingerprint density at radius 3 is 1.93 bits per heavy atom. The molecule has 2 N–H and O–H groups in total. The average Bonchev–Trinajstić information content (AvgIpc) is 3.49. The van der Waals surface area contributed by atoms with Crippen molar-refractivity contribution in [2.24, 2.45) is 7.05 Å². The fourth-order valence-corrected chi connectivity index (χ4v) is 5.90. The van der Waals surface area contributed by atoms with Crippen LogP contribution in [0.5, 0.6) is 0 Å². The van der Waals surface area contributed by atoms with Crippen molar-refractivity contribution in [2.45, 2.75) is 19.0 Å². The van der Waals surface area contributed by atoms with E-state index >= 15 is 0 Å². The van der Waals surface area contributed by atoms with E-state index in [4.69, 9.17) is 4.98 Å². The summed E-state index contributed by atoms with van der Waals surface area (Å²) in [5, 5.41) is 13.5. The molecule has 0 unspecified atom stereocenters. The third-order valence-corrected chi connectivity index (χ3v) is 8.00. The van der Waals surface area contributed by atoms with Crippen LogP contribution in [0.25, 0.3) is 10.9 Å². The molecule has 2 heterocycles. The standard InChI is InChI=1S/C35H30N4O3/c1-24-31(33(41)42)32(40)29-19-18-25(22-30(29)38(24)2)23-37-34-36-20-21-39(34)35(26-12-6-3-7-13-26,27-14-8-4-9-15-27)28-16-10-5-11-17-28/h3-22H,23H2,1-2H3,(H,36,37)(H,41,42). The molecule has 4 aromatic carbocycles. The number of aryl methyl sites for hydroxylation is 1. The number of anilines is 1. The van der Waals surface area contributed by atoms with E-state index in [1.165, 1.54) is 0 Å². The SMILES string of the molecule is Cc1c(C(=O)O)c(=O)c2ccc(CNc3nccn3C(c3ccccc3)(c3ccccc3)c3ccccc3)cc2n1C. The van der Waals surface area contributed by atoms with Gasteiger partial charge in [-0.1, -0.05) is 97.1 Å². The molecule has 0 saturated carbocycles. The number of aromatic nitrogens is 3. The monoisotopic (exact) mass is 554 g/mol. The second kappa shape index (κ2) is 10.9. The molecule has 42 heavy (non-hydrogen) atoms. The summed E-state index contributed by atoms with van der Waals surface area (Å²) in [6.45, 7) is 2.09. The molecule has 0 saturated heterocycles. The van der Waals surface area contributed by atoms with Crippen molar-refractivity contribution in [1.29, 1.82) is 0 Å². The number of carbonyl (C=O) groups is 1. The minimum Gasteiger partial charge on any atom is -0.477 e. The van der Waals surface area contributed by atoms with Gasteiger partial charge in [0.25, 0.3) is 0 Å². The first-order valence-electron chi connectivity index (χ1n) is 13.7. The van der Waals surface area contributed by atoms with Gasteiger partial charge in [-0.05, 0) is 41.3 Å². The zero-order chi connectivity index (χ0) is 29.3. The van der Waals surface area contributed by atoms with Gasteiger partial charge in [-0.15, -0.1) is 0 Å². The Morgan fingerprint density at radius 2 is 1.40 bits per heavy atom. The predicted octanol–water partition coefficient (Wildman–Crippen LogP) is 6.19. The highest BCUT2D eigenvalue weighted by Crippen LogP contribution is 2.42. The molecule has 0 bridgehead atoms. The van der Waals surface area contributed by atoms with Gasteiger partial charge < -0.3 is 15.0 Å². The van der Waals surface area contributed by atoms with E-state index in [9.17, 15) is 14.7 Å². The third-order valence-electron chi connectivity index (χ3n) is 8.00. The van der Waals surface area contributed by atoms with Crippen molar-refractivity contribution in [1.82, 2.24) is 14.1 Å². The maximum absolute atomic E-state index is 12.9. The van der Waals surface area contributed by atoms with E-state index in [2.05, 4.69) is 82.7 Å². The van der Waals surface area contributed by atoms with Gasteiger partial charge >= 0.3 is 5.97 Å². The molecule has 0 aliphatic heterocycles. The zero-order valence-electron chi connectivity index (χ0n) is 23.4. The van der Waals surface area contributed by atoms with E-state index in [1.54, 1.807) is 30.8 Å². The number of pyridine rings is 1. The lowest BCUT2D eigenvalue weighted by molar-refractivity contribution is 0.0694. The maximum atomic E-state index is 12.9. The van der Waals surface area contributed by atoms with Crippen LogP contribution >= 0.6 is 0 Å². The van der Waals surface area contributed by atoms with Gasteiger partial charge in [0.1, 0.15) is 11.1 Å². The summed E-state index contributed by atoms with van der Waals surface area (Å²) >= 11 is 0. The van der Waals surface area contributed by atoms with Crippen LogP contribution in [0.15, 0.2) is 126 Å². The number of carboxylic acids is 1. The fourth-order valence-electron chi connectivity index (χ4n) is 5.90. The number of benzene rings is 4. The van der Waals surface area contributed by atoms with Crippen LogP contribution in [-0.4, -0.2) is 25.2 Å². The van der Waals surface area contributed by atoms with Gasteiger partial charge in [0, 0.05) is 37.1 Å². The molecule has 0 radical (unpaired) electrons. The number of hydrogen-bond donors (Lipinski definition) is 2. The average molecular weight is 555 g/mol. The van der Waals surface area contributed by atoms with E-state index in [1.807, 2.05) is 36.5 Å². The normalized spacial score (nSPS) is 11.5. The minimum atomic E-state index is -1.22. The van der Waals surface area contributed by atoms with Crippen molar-refractivity contribution < 1.29 is 9.90 Å². The van der Waals surface area contributed by atoms with E-state index in [0.29, 0.717) is 29.1 Å². The second-order valence-electron chi connectivity index (χ2n) is 10.3. The highest BCUT2D eigenvalue weighted by molar-refractivity contribution is 5.94. The number of fused-ring (bicyclic) bond motifs is 1. The molecule has 0 atom stereocenters. The largest absolute Gasteiger partial charge is 0.477 e. The molecule has 0 fully saturated rings. The molecule has 7 nitrogen and oxygen atoms in total. The van der Waals surface area contributed by atoms with Gasteiger partial charge in [0.2, 0.25) is 11.4 Å². The van der Waals surface area contributed by atoms with Crippen LogP contribution in [-0.2, 0) is 19.1 Å². The highest BCUT2D eigenvalue weighted by atomic mass is 16.4. The Labute approximate surface area is 243 Å². The third kappa shape index (κ3) is 4.36. The first kappa shape index (κ1) is 26.8. The first-order chi connectivity index (χ1) is 20.4. The molecule has 208 valence electrons. The van der Waals surface area contributed by atoms with Gasteiger partial charge in [0.15, 0.2) is 0 Å². The lowest BCUT2D eigenvalue weighted by Gasteiger charge is -2.38. The molecular formula is C35H30N4O3. The smallest absolute Gasteiger partial charge is 0.341 e. The number of hydrogen-bond acceptors (Lipinski definition) is 4. The van der Waals surface area contributed by atoms with Crippen LogP contribution < -0.4 is 10.7 Å². The summed E-state index contributed by atoms with van der Waals surface area (Å²) in [5.74, 6) is -0.538. The first-order valence-corrected chi connectivity index (χ1v) is 13.7. The number of rotatable bonds is 8. The number of nitrogens with zero attached hydrogens (tertiary/aromatic N) is 3. The quantitative estimate of drug-likeness (QED) is 0.219. The number of nitrogens with one attached hydrogen (secondary N) is 1. The zero-order valence-corrected chi connectivity index (χ0v) is 23.4. The summed E-state index contributed by atoms with van der Waals surface area (Å²) in [7, 11) is 1.78. The summed E-state index contributed by atoms with van der Waals surface area (Å²) in [6.07, 6.45) is 3.79. The molecule has 2 aromatic heterocycles. The van der Waals surface area contributed by atoms with Crippen LogP contribution in [0, 0.1) is 6.92 Å². The van der Waals surface area contributed by atoms with E-state index in [0.717, 1.165) is 22.3 Å². The van der Waals surface area contributed by atoms with Crippen molar-refractivity contribution >= 4 is 22.8 Å². The van der Waals surface area contributed by atoms with Crippen LogP contribution in [0.3, 0.4) is 0 Å². The van der Waals surface area contributed by atoms with Crippen LogP contribution in [0.4, 0.5) is 5.95 Å². The maximum Gasteiger partial charge on any atom is 0.341 e. The molecule has 6 rings (SSSR count). The number of carboxylic acid groups (broad SMARTS) is 1. The molecule has 0 aliphatic carbocycles.